The number of hydrogen-bond donors (Lipinski definition) is 1. The second-order valence-corrected chi connectivity index (χ2v) is 7.76. The normalized spacial score (nSPS) is 17.3. The van der Waals surface area contributed by atoms with E-state index < -0.39 is 5.95 Å². The summed E-state index contributed by atoms with van der Waals surface area (Å²) in [6.45, 7) is 10.6. The lowest BCUT2D eigenvalue weighted by Crippen LogP contribution is -2.37. The molecule has 2 aromatic rings. The highest BCUT2D eigenvalue weighted by molar-refractivity contribution is 5.62. The van der Waals surface area contributed by atoms with E-state index in [0.717, 1.165) is 31.5 Å². The molecule has 1 unspecified atom stereocenters. The van der Waals surface area contributed by atoms with E-state index in [9.17, 15) is 4.39 Å². The smallest absolute Gasteiger partial charge is 0.212 e. The summed E-state index contributed by atoms with van der Waals surface area (Å²) in [5, 5.41) is 0. The highest BCUT2D eigenvalue weighted by Crippen LogP contribution is 2.42. The number of halogens is 1. The summed E-state index contributed by atoms with van der Waals surface area (Å²) in [7, 11) is 0. The average molecular weight is 341 g/mol. The van der Waals surface area contributed by atoms with Crippen LogP contribution in [0.1, 0.15) is 62.4 Å². The molecule has 3 rings (SSSR count). The Kier molecular flexibility index (Phi) is 4.83. The Balaban J connectivity index is 2.04. The van der Waals surface area contributed by atoms with E-state index in [1.807, 2.05) is 13.0 Å². The van der Waals surface area contributed by atoms with E-state index in [4.69, 9.17) is 5.73 Å². The van der Waals surface area contributed by atoms with Gasteiger partial charge in [-0.25, -0.2) is 4.98 Å². The molecule has 0 radical (unpaired) electrons. The fraction of sp³-hybridized carbons (Fsp3) is 0.476. The molecule has 0 amide bonds. The van der Waals surface area contributed by atoms with Crippen LogP contribution in [0.4, 0.5) is 10.1 Å². The van der Waals surface area contributed by atoms with Crippen molar-refractivity contribution in [3.8, 4) is 0 Å². The number of hydrogen-bond acceptors (Lipinski definition) is 3. The molecule has 134 valence electrons. The summed E-state index contributed by atoms with van der Waals surface area (Å²) in [6.07, 6.45) is 3.71. The van der Waals surface area contributed by atoms with Crippen LogP contribution in [-0.2, 0) is 18.4 Å². The predicted molar refractivity (Wildman–Crippen MR) is 101 cm³/mol. The van der Waals surface area contributed by atoms with Crippen molar-refractivity contribution < 1.29 is 4.39 Å². The zero-order chi connectivity index (χ0) is 18.2. The molecule has 1 aromatic carbocycles. The number of aromatic nitrogens is 1. The maximum Gasteiger partial charge on any atom is 0.212 e. The third-order valence-corrected chi connectivity index (χ3v) is 5.37. The van der Waals surface area contributed by atoms with Crippen LogP contribution < -0.4 is 10.6 Å². The number of rotatable bonds is 4. The zero-order valence-electron chi connectivity index (χ0n) is 15.6. The van der Waals surface area contributed by atoms with Crippen molar-refractivity contribution in [2.24, 2.45) is 5.73 Å². The van der Waals surface area contributed by atoms with Crippen molar-refractivity contribution >= 4 is 5.69 Å². The van der Waals surface area contributed by atoms with Crippen molar-refractivity contribution in [2.45, 2.75) is 58.5 Å². The number of anilines is 1. The number of nitrogens with zero attached hydrogens (tertiary/aromatic N) is 2. The van der Waals surface area contributed by atoms with Crippen molar-refractivity contribution in [3.63, 3.8) is 0 Å². The summed E-state index contributed by atoms with van der Waals surface area (Å²) >= 11 is 0. The van der Waals surface area contributed by atoms with Gasteiger partial charge in [0.05, 0.1) is 0 Å². The minimum atomic E-state index is -0.434. The van der Waals surface area contributed by atoms with E-state index in [-0.39, 0.29) is 11.5 Å². The first-order valence-corrected chi connectivity index (χ1v) is 9.10. The zero-order valence-corrected chi connectivity index (χ0v) is 15.6. The Labute approximate surface area is 150 Å². The molecule has 0 aliphatic carbocycles. The second-order valence-electron chi connectivity index (χ2n) is 7.76. The first-order valence-electron chi connectivity index (χ1n) is 9.10. The Hall–Kier alpha value is -1.94. The molecule has 2 heterocycles. The van der Waals surface area contributed by atoms with Crippen LogP contribution >= 0.6 is 0 Å². The maximum atomic E-state index is 13.1. The molecule has 3 nitrogen and oxygen atoms in total. The van der Waals surface area contributed by atoms with Gasteiger partial charge in [0.25, 0.3) is 0 Å². The summed E-state index contributed by atoms with van der Waals surface area (Å²) in [5.74, 6) is -0.434. The summed E-state index contributed by atoms with van der Waals surface area (Å²) in [4.78, 5) is 6.16. The molecule has 0 saturated carbocycles. The van der Waals surface area contributed by atoms with Gasteiger partial charge >= 0.3 is 0 Å². The van der Waals surface area contributed by atoms with Crippen molar-refractivity contribution in [3.05, 3.63) is 58.7 Å². The van der Waals surface area contributed by atoms with Gasteiger partial charge in [-0.1, -0.05) is 32.9 Å². The van der Waals surface area contributed by atoms with Crippen molar-refractivity contribution in [2.75, 3.05) is 11.4 Å². The van der Waals surface area contributed by atoms with Crippen LogP contribution in [-0.4, -0.2) is 11.5 Å². The minimum absolute atomic E-state index is 0.0135. The van der Waals surface area contributed by atoms with Gasteiger partial charge in [-0.15, -0.1) is 0 Å². The molecule has 4 heteroatoms. The monoisotopic (exact) mass is 341 g/mol. The molecule has 0 fully saturated rings. The van der Waals surface area contributed by atoms with Crippen LogP contribution in [0.2, 0.25) is 0 Å². The molecule has 1 aromatic heterocycles. The lowest BCUT2D eigenvalue weighted by atomic mass is 9.75. The number of aryl methyl sites for hydroxylation is 1. The molecule has 1 aliphatic heterocycles. The molecular weight excluding hydrogens is 313 g/mol. The highest BCUT2D eigenvalue weighted by Gasteiger charge is 2.32. The number of fused-ring (bicyclic) bond motifs is 1. The summed E-state index contributed by atoms with van der Waals surface area (Å²) < 4.78 is 13.1. The standard InChI is InChI=1S/C21H28FN3/c1-5-16-10-18-19(11-17(16)14(2)23)25(9-8-21(18,3)4)13-15-6-7-20(22)24-12-15/h6-7,10-12,14H,5,8-9,13,23H2,1-4H3. The van der Waals surface area contributed by atoms with Gasteiger partial charge in [-0.05, 0) is 59.6 Å². The largest absolute Gasteiger partial charge is 0.367 e. The summed E-state index contributed by atoms with van der Waals surface area (Å²) in [6, 6.07) is 7.88. The van der Waals surface area contributed by atoms with Crippen LogP contribution in [0, 0.1) is 5.95 Å². The molecule has 1 atom stereocenters. The fourth-order valence-electron chi connectivity index (χ4n) is 3.74. The molecule has 0 saturated heterocycles. The number of benzene rings is 1. The first-order chi connectivity index (χ1) is 11.8. The molecule has 1 aliphatic rings. The molecule has 0 bridgehead atoms. The quantitative estimate of drug-likeness (QED) is 0.833. The maximum absolute atomic E-state index is 13.1. The van der Waals surface area contributed by atoms with Gasteiger partial charge in [0.2, 0.25) is 5.95 Å². The average Bonchev–Trinajstić information content (AvgIpc) is 2.58. The van der Waals surface area contributed by atoms with Gasteiger partial charge < -0.3 is 10.6 Å². The van der Waals surface area contributed by atoms with E-state index >= 15 is 0 Å². The van der Waals surface area contributed by atoms with Gasteiger partial charge in [0.1, 0.15) is 0 Å². The lowest BCUT2D eigenvalue weighted by molar-refractivity contribution is 0.451. The van der Waals surface area contributed by atoms with Crippen LogP contribution in [0.5, 0.6) is 0 Å². The fourth-order valence-corrected chi connectivity index (χ4v) is 3.74. The third kappa shape index (κ3) is 3.54. The Morgan fingerprint density at radius 1 is 1.32 bits per heavy atom. The van der Waals surface area contributed by atoms with Crippen LogP contribution in [0.25, 0.3) is 0 Å². The minimum Gasteiger partial charge on any atom is -0.367 e. The molecule has 0 spiro atoms. The topological polar surface area (TPSA) is 42.1 Å². The second kappa shape index (κ2) is 6.75. The van der Waals surface area contributed by atoms with Crippen molar-refractivity contribution in [1.82, 2.24) is 4.98 Å². The summed E-state index contributed by atoms with van der Waals surface area (Å²) in [5.41, 5.74) is 12.6. The molecule has 2 N–H and O–H groups in total. The van der Waals surface area contributed by atoms with Crippen LogP contribution in [0.15, 0.2) is 30.5 Å². The Morgan fingerprint density at radius 3 is 2.68 bits per heavy atom. The number of pyridine rings is 1. The lowest BCUT2D eigenvalue weighted by Gasteiger charge is -2.41. The van der Waals surface area contributed by atoms with Crippen LogP contribution in [0.3, 0.4) is 0 Å². The third-order valence-electron chi connectivity index (χ3n) is 5.37. The van der Waals surface area contributed by atoms with Gasteiger partial charge in [0, 0.05) is 31.0 Å². The SMILES string of the molecule is CCc1cc2c(cc1C(C)N)N(Cc1ccc(F)nc1)CCC2(C)C. The molecule has 25 heavy (non-hydrogen) atoms. The highest BCUT2D eigenvalue weighted by atomic mass is 19.1. The Bertz CT molecular complexity index is 750. The van der Waals surface area contributed by atoms with Gasteiger partial charge in [0.15, 0.2) is 0 Å². The van der Waals surface area contributed by atoms with Crippen molar-refractivity contribution in [1.29, 1.82) is 0 Å². The first kappa shape index (κ1) is 17.9. The van der Waals surface area contributed by atoms with Gasteiger partial charge in [-0.3, -0.25) is 0 Å². The van der Waals surface area contributed by atoms with E-state index in [1.54, 1.807) is 6.20 Å². The van der Waals surface area contributed by atoms with E-state index in [1.165, 1.54) is 28.4 Å². The van der Waals surface area contributed by atoms with Gasteiger partial charge in [-0.2, -0.15) is 4.39 Å². The Morgan fingerprint density at radius 2 is 2.08 bits per heavy atom. The van der Waals surface area contributed by atoms with E-state index in [2.05, 4.69) is 42.8 Å². The predicted octanol–water partition coefficient (Wildman–Crippen LogP) is 4.49. The molecular formula is C21H28FN3. The number of nitrogens with two attached hydrogens (primary N) is 1. The van der Waals surface area contributed by atoms with E-state index in [0.29, 0.717) is 0 Å².